The van der Waals surface area contributed by atoms with Crippen LogP contribution in [0.3, 0.4) is 0 Å². The number of benzene rings is 2. The maximum Gasteiger partial charge on any atom is 0.258 e. The lowest BCUT2D eigenvalue weighted by Gasteiger charge is -2.22. The van der Waals surface area contributed by atoms with E-state index in [2.05, 4.69) is 39.0 Å². The molecule has 172 valence electrons. The lowest BCUT2D eigenvalue weighted by molar-refractivity contribution is 0.0662. The smallest absolute Gasteiger partial charge is 0.258 e. The third kappa shape index (κ3) is 5.58. The van der Waals surface area contributed by atoms with Gasteiger partial charge in [0.15, 0.2) is 0 Å². The molecule has 1 aliphatic heterocycles. The van der Waals surface area contributed by atoms with E-state index in [1.165, 1.54) is 16.9 Å². The fraction of sp³-hybridized carbons (Fsp3) is 0.435. The average molecular weight is 495 g/mol. The van der Waals surface area contributed by atoms with Gasteiger partial charge in [-0.3, -0.25) is 10.1 Å². The van der Waals surface area contributed by atoms with Gasteiger partial charge in [-0.15, -0.1) is 35.0 Å². The van der Waals surface area contributed by atoms with Crippen LogP contribution in [0, 0.1) is 12.8 Å². The molecule has 2 aliphatic rings. The van der Waals surface area contributed by atoms with Crippen molar-refractivity contribution >= 4 is 58.0 Å². The Labute approximate surface area is 204 Å². The minimum atomic E-state index is -0.128. The van der Waals surface area contributed by atoms with E-state index in [1.807, 2.05) is 25.1 Å². The number of anilines is 1. The molecule has 1 aliphatic carbocycles. The molecule has 2 fully saturated rings. The molecule has 2 N–H and O–H groups in total. The van der Waals surface area contributed by atoms with Gasteiger partial charge < -0.3 is 10.1 Å². The molecular formula is C23H28Cl2N4O2S. The Morgan fingerprint density at radius 2 is 1.94 bits per heavy atom. The Bertz CT molecular complexity index is 1070. The van der Waals surface area contributed by atoms with Crippen LogP contribution in [0.2, 0.25) is 0 Å². The third-order valence-electron chi connectivity index (χ3n) is 6.10. The highest BCUT2D eigenvalue weighted by Crippen LogP contribution is 2.42. The summed E-state index contributed by atoms with van der Waals surface area (Å²) in [5, 5.41) is 18.1. The van der Waals surface area contributed by atoms with Crippen molar-refractivity contribution in [2.75, 3.05) is 25.1 Å². The van der Waals surface area contributed by atoms with Crippen LogP contribution in [-0.4, -0.2) is 41.9 Å². The Morgan fingerprint density at radius 3 is 2.69 bits per heavy atom. The number of hydrogen-bond acceptors (Lipinski definition) is 6. The van der Waals surface area contributed by atoms with Gasteiger partial charge in [-0.25, -0.2) is 0 Å². The minimum Gasteiger partial charge on any atom is -0.381 e. The summed E-state index contributed by atoms with van der Waals surface area (Å²) in [5.74, 6) is 1.05. The zero-order valence-electron chi connectivity index (χ0n) is 17.9. The quantitative estimate of drug-likeness (QED) is 0.505. The number of hydrogen-bond donors (Lipinski definition) is 2. The summed E-state index contributed by atoms with van der Waals surface area (Å²) in [6, 6.07) is 12.9. The van der Waals surface area contributed by atoms with Crippen molar-refractivity contribution in [3.8, 4) is 0 Å². The van der Waals surface area contributed by atoms with Gasteiger partial charge in [0, 0.05) is 30.7 Å². The number of nitrogens with zero attached hydrogens (tertiary/aromatic N) is 2. The standard InChI is InChI=1S/C23H26N4O2S.2ClH/c1-14-26-27-23(30-14)25-22(28)20-11-17(10-16-4-2-3-5-18(16)20)19-12-21(19)24-13-15-6-8-29-9-7-15;;/h2-5,10-11,15,19,21,24H,6-9,12-13H2,1H3,(H,25,27,28);2*1H. The summed E-state index contributed by atoms with van der Waals surface area (Å²) in [5.41, 5.74) is 1.93. The monoisotopic (exact) mass is 494 g/mol. The van der Waals surface area contributed by atoms with Gasteiger partial charge in [-0.2, -0.15) is 0 Å². The summed E-state index contributed by atoms with van der Waals surface area (Å²) in [6.45, 7) is 4.71. The van der Waals surface area contributed by atoms with Crippen LogP contribution >= 0.6 is 36.2 Å². The van der Waals surface area contributed by atoms with E-state index in [1.54, 1.807) is 0 Å². The molecule has 5 rings (SSSR count). The number of aryl methyl sites for hydroxylation is 1. The van der Waals surface area contributed by atoms with E-state index in [0.717, 1.165) is 54.8 Å². The summed E-state index contributed by atoms with van der Waals surface area (Å²) in [7, 11) is 0. The Hall–Kier alpha value is -1.77. The summed E-state index contributed by atoms with van der Waals surface area (Å²) >= 11 is 1.39. The van der Waals surface area contributed by atoms with E-state index in [-0.39, 0.29) is 30.7 Å². The maximum absolute atomic E-state index is 13.0. The molecule has 3 aromatic rings. The maximum atomic E-state index is 13.0. The van der Waals surface area contributed by atoms with E-state index in [0.29, 0.717) is 28.6 Å². The molecule has 2 unspecified atom stereocenters. The van der Waals surface area contributed by atoms with Crippen molar-refractivity contribution < 1.29 is 9.53 Å². The molecule has 0 spiro atoms. The number of nitrogens with one attached hydrogen (secondary N) is 2. The predicted octanol–water partition coefficient (Wildman–Crippen LogP) is 4.97. The number of amides is 1. The first kappa shape index (κ1) is 24.9. The van der Waals surface area contributed by atoms with Crippen LogP contribution in [0.5, 0.6) is 0 Å². The number of carbonyl (C=O) groups excluding carboxylic acids is 1. The molecule has 1 aromatic heterocycles. The molecule has 6 nitrogen and oxygen atoms in total. The molecule has 1 amide bonds. The highest BCUT2D eigenvalue weighted by atomic mass is 35.5. The van der Waals surface area contributed by atoms with Crippen molar-refractivity contribution in [2.45, 2.75) is 38.1 Å². The molecule has 2 atom stereocenters. The minimum absolute atomic E-state index is 0. The lowest BCUT2D eigenvalue weighted by Crippen LogP contribution is -2.29. The van der Waals surface area contributed by atoms with Crippen LogP contribution in [0.4, 0.5) is 5.13 Å². The molecule has 2 aromatic carbocycles. The number of halogens is 2. The molecule has 1 saturated carbocycles. The average Bonchev–Trinajstić information content (AvgIpc) is 3.45. The summed E-state index contributed by atoms with van der Waals surface area (Å²) in [6.07, 6.45) is 3.42. The molecule has 0 radical (unpaired) electrons. The summed E-state index contributed by atoms with van der Waals surface area (Å²) in [4.78, 5) is 13.0. The Morgan fingerprint density at radius 1 is 1.16 bits per heavy atom. The van der Waals surface area contributed by atoms with E-state index in [9.17, 15) is 4.79 Å². The molecule has 1 saturated heterocycles. The van der Waals surface area contributed by atoms with Gasteiger partial charge in [0.05, 0.1) is 0 Å². The summed E-state index contributed by atoms with van der Waals surface area (Å²) < 4.78 is 5.46. The van der Waals surface area contributed by atoms with Gasteiger partial charge >= 0.3 is 0 Å². The lowest BCUT2D eigenvalue weighted by atomic mass is 9.97. The number of carbonyl (C=O) groups is 1. The second-order valence-electron chi connectivity index (χ2n) is 8.28. The zero-order valence-corrected chi connectivity index (χ0v) is 20.3. The van der Waals surface area contributed by atoms with Gasteiger partial charge in [0.2, 0.25) is 5.13 Å². The first-order valence-electron chi connectivity index (χ1n) is 10.6. The van der Waals surface area contributed by atoms with Crippen molar-refractivity contribution in [3.63, 3.8) is 0 Å². The van der Waals surface area contributed by atoms with Gasteiger partial charge in [-0.05, 0) is 61.1 Å². The van der Waals surface area contributed by atoms with E-state index in [4.69, 9.17) is 4.74 Å². The number of rotatable bonds is 6. The fourth-order valence-corrected chi connectivity index (χ4v) is 4.89. The number of ether oxygens (including phenoxy) is 1. The van der Waals surface area contributed by atoms with Crippen LogP contribution in [0.25, 0.3) is 10.8 Å². The van der Waals surface area contributed by atoms with Gasteiger partial charge in [0.1, 0.15) is 5.01 Å². The van der Waals surface area contributed by atoms with Crippen molar-refractivity contribution in [1.29, 1.82) is 0 Å². The van der Waals surface area contributed by atoms with Gasteiger partial charge in [-0.1, -0.05) is 41.7 Å². The van der Waals surface area contributed by atoms with Crippen LogP contribution in [-0.2, 0) is 4.74 Å². The molecule has 9 heteroatoms. The molecule has 32 heavy (non-hydrogen) atoms. The highest BCUT2D eigenvalue weighted by Gasteiger charge is 2.39. The zero-order chi connectivity index (χ0) is 20.5. The molecule has 0 bridgehead atoms. The van der Waals surface area contributed by atoms with Crippen molar-refractivity contribution in [3.05, 3.63) is 52.5 Å². The first-order valence-corrected chi connectivity index (χ1v) is 11.4. The van der Waals surface area contributed by atoms with Crippen LogP contribution < -0.4 is 10.6 Å². The van der Waals surface area contributed by atoms with Crippen molar-refractivity contribution in [2.24, 2.45) is 5.92 Å². The topological polar surface area (TPSA) is 76.1 Å². The van der Waals surface area contributed by atoms with E-state index >= 15 is 0 Å². The first-order chi connectivity index (χ1) is 14.7. The largest absolute Gasteiger partial charge is 0.381 e. The Kier molecular flexibility index (Phi) is 8.47. The van der Waals surface area contributed by atoms with Gasteiger partial charge in [0.25, 0.3) is 5.91 Å². The number of fused-ring (bicyclic) bond motifs is 1. The number of aromatic nitrogens is 2. The molecule has 2 heterocycles. The normalized spacial score (nSPS) is 20.3. The second kappa shape index (κ2) is 10.9. The second-order valence-corrected chi connectivity index (χ2v) is 9.46. The molecular weight excluding hydrogens is 467 g/mol. The van der Waals surface area contributed by atoms with Crippen LogP contribution in [0.1, 0.15) is 46.1 Å². The Balaban J connectivity index is 0.00000144. The fourth-order valence-electron chi connectivity index (χ4n) is 4.30. The SMILES string of the molecule is Cc1nnc(NC(=O)c2cc(C3CC3NCC3CCOCC3)cc3ccccc23)s1.Cl.Cl. The predicted molar refractivity (Wildman–Crippen MR) is 134 cm³/mol. The van der Waals surface area contributed by atoms with Crippen molar-refractivity contribution in [1.82, 2.24) is 15.5 Å². The van der Waals surface area contributed by atoms with E-state index < -0.39 is 0 Å². The third-order valence-corrected chi connectivity index (χ3v) is 6.86. The van der Waals surface area contributed by atoms with Crippen LogP contribution in [0.15, 0.2) is 36.4 Å². The highest BCUT2D eigenvalue weighted by molar-refractivity contribution is 7.15.